The Morgan fingerprint density at radius 1 is 1.30 bits per heavy atom. The minimum atomic E-state index is -2.59. The lowest BCUT2D eigenvalue weighted by Crippen LogP contribution is -2.47. The summed E-state index contributed by atoms with van der Waals surface area (Å²) in [5.41, 5.74) is 4.87. The summed E-state index contributed by atoms with van der Waals surface area (Å²) in [6, 6.07) is -2.06. The van der Waals surface area contributed by atoms with E-state index in [1.165, 1.54) is 0 Å². The fourth-order valence-electron chi connectivity index (χ4n) is 1.16. The van der Waals surface area contributed by atoms with Gasteiger partial charge in [-0.3, -0.25) is 4.79 Å². The van der Waals surface area contributed by atoms with E-state index in [0.29, 0.717) is 0 Å². The van der Waals surface area contributed by atoms with Crippen molar-refractivity contribution in [2.24, 2.45) is 5.73 Å². The first-order chi connectivity index (χ1) is 9.32. The molecule has 8 nitrogen and oxygen atoms in total. The Bertz CT molecular complexity index is 341. The zero-order valence-corrected chi connectivity index (χ0v) is 10.6. The molecule has 1 atom stereocenters. The number of nitrogens with two attached hydrogens (primary N) is 1. The number of hydrogen-bond donors (Lipinski definition) is 4. The Morgan fingerprint density at radius 2 is 1.95 bits per heavy atom. The van der Waals surface area contributed by atoms with E-state index in [1.807, 2.05) is 0 Å². The Hall–Kier alpha value is -1.97. The summed E-state index contributed by atoms with van der Waals surface area (Å²) in [6.45, 7) is -0.919. The van der Waals surface area contributed by atoms with E-state index in [4.69, 9.17) is 10.8 Å². The van der Waals surface area contributed by atoms with Crippen LogP contribution in [0.2, 0.25) is 0 Å². The molecule has 0 bridgehead atoms. The standard InChI is InChI=1S/C10H17F2N3O5/c11-7(12)5-20-4-3-14-10(19)15-6(9(17)18)1-2-8(13)16/h6-7H,1-5H2,(H2,13,16)(H,17,18)(H2,14,15,19)/t6-/m1/s1. The first-order valence-electron chi connectivity index (χ1n) is 5.74. The summed E-state index contributed by atoms with van der Waals surface area (Å²) in [5.74, 6) is -1.99. The van der Waals surface area contributed by atoms with Crippen LogP contribution in [0.1, 0.15) is 12.8 Å². The molecule has 10 heteroatoms. The Morgan fingerprint density at radius 3 is 2.45 bits per heavy atom. The molecule has 0 aliphatic heterocycles. The van der Waals surface area contributed by atoms with E-state index in [9.17, 15) is 23.2 Å². The summed E-state index contributed by atoms with van der Waals surface area (Å²) in [7, 11) is 0. The number of primary amides is 1. The summed E-state index contributed by atoms with van der Waals surface area (Å²) in [6.07, 6.45) is -2.91. The van der Waals surface area contributed by atoms with Crippen LogP contribution < -0.4 is 16.4 Å². The average molecular weight is 297 g/mol. The summed E-state index contributed by atoms with van der Waals surface area (Å²) >= 11 is 0. The number of ether oxygens (including phenoxy) is 1. The van der Waals surface area contributed by atoms with Crippen molar-refractivity contribution in [2.75, 3.05) is 19.8 Å². The third-order valence-corrected chi connectivity index (χ3v) is 2.06. The molecule has 116 valence electrons. The van der Waals surface area contributed by atoms with Crippen LogP contribution >= 0.6 is 0 Å². The van der Waals surface area contributed by atoms with Crippen LogP contribution in [0, 0.1) is 0 Å². The highest BCUT2D eigenvalue weighted by Gasteiger charge is 2.20. The smallest absolute Gasteiger partial charge is 0.326 e. The highest BCUT2D eigenvalue weighted by atomic mass is 19.3. The lowest BCUT2D eigenvalue weighted by Gasteiger charge is -2.14. The number of carbonyl (C=O) groups excluding carboxylic acids is 2. The number of urea groups is 1. The molecule has 3 amide bonds. The van der Waals surface area contributed by atoms with Crippen molar-refractivity contribution in [3.8, 4) is 0 Å². The molecule has 20 heavy (non-hydrogen) atoms. The van der Waals surface area contributed by atoms with Crippen LogP contribution in [-0.4, -0.2) is 55.2 Å². The van der Waals surface area contributed by atoms with Gasteiger partial charge in [-0.15, -0.1) is 0 Å². The van der Waals surface area contributed by atoms with E-state index in [1.54, 1.807) is 0 Å². The molecule has 0 aromatic carbocycles. The Kier molecular flexibility index (Phi) is 8.92. The van der Waals surface area contributed by atoms with Crippen LogP contribution in [0.4, 0.5) is 13.6 Å². The third-order valence-electron chi connectivity index (χ3n) is 2.06. The molecular weight excluding hydrogens is 280 g/mol. The maximum Gasteiger partial charge on any atom is 0.326 e. The number of hydrogen-bond acceptors (Lipinski definition) is 4. The molecular formula is C10H17F2N3O5. The van der Waals surface area contributed by atoms with Crippen molar-refractivity contribution in [1.82, 2.24) is 10.6 Å². The largest absolute Gasteiger partial charge is 0.480 e. The topological polar surface area (TPSA) is 131 Å². The fraction of sp³-hybridized carbons (Fsp3) is 0.700. The molecule has 0 aromatic rings. The summed E-state index contributed by atoms with van der Waals surface area (Å²) < 4.78 is 27.9. The van der Waals surface area contributed by atoms with Gasteiger partial charge in [0.1, 0.15) is 12.6 Å². The summed E-state index contributed by atoms with van der Waals surface area (Å²) in [5, 5.41) is 13.1. The van der Waals surface area contributed by atoms with Gasteiger partial charge in [0, 0.05) is 13.0 Å². The fourth-order valence-corrected chi connectivity index (χ4v) is 1.16. The van der Waals surface area contributed by atoms with Gasteiger partial charge in [0.25, 0.3) is 6.43 Å². The Balaban J connectivity index is 3.89. The van der Waals surface area contributed by atoms with Crippen molar-refractivity contribution in [1.29, 1.82) is 0 Å². The maximum atomic E-state index is 11.7. The molecule has 0 unspecified atom stereocenters. The van der Waals surface area contributed by atoms with Crippen molar-refractivity contribution in [3.63, 3.8) is 0 Å². The number of nitrogens with one attached hydrogen (secondary N) is 2. The minimum absolute atomic E-state index is 0.0548. The van der Waals surface area contributed by atoms with E-state index in [2.05, 4.69) is 15.4 Å². The first kappa shape index (κ1) is 18.0. The number of carbonyl (C=O) groups is 3. The second-order valence-corrected chi connectivity index (χ2v) is 3.76. The average Bonchev–Trinajstić information content (AvgIpc) is 2.32. The summed E-state index contributed by atoms with van der Waals surface area (Å²) in [4.78, 5) is 32.6. The predicted molar refractivity (Wildman–Crippen MR) is 63.2 cm³/mol. The van der Waals surface area contributed by atoms with Gasteiger partial charge < -0.3 is 26.2 Å². The zero-order chi connectivity index (χ0) is 15.5. The van der Waals surface area contributed by atoms with Crippen LogP contribution in [0.3, 0.4) is 0 Å². The maximum absolute atomic E-state index is 11.7. The molecule has 5 N–H and O–H groups in total. The number of alkyl halides is 2. The molecule has 0 fully saturated rings. The minimum Gasteiger partial charge on any atom is -0.480 e. The van der Waals surface area contributed by atoms with Gasteiger partial charge >= 0.3 is 12.0 Å². The normalized spacial score (nSPS) is 11.9. The quantitative estimate of drug-likeness (QED) is 0.395. The number of carboxylic acid groups (broad SMARTS) is 1. The van der Waals surface area contributed by atoms with Crippen molar-refractivity contribution < 1.29 is 33.0 Å². The molecule has 0 aliphatic carbocycles. The number of amides is 3. The lowest BCUT2D eigenvalue weighted by atomic mass is 10.1. The molecule has 0 saturated carbocycles. The van der Waals surface area contributed by atoms with Gasteiger partial charge in [0.2, 0.25) is 5.91 Å². The highest BCUT2D eigenvalue weighted by molar-refractivity contribution is 5.83. The molecule has 0 spiro atoms. The molecule has 0 saturated heterocycles. The van der Waals surface area contributed by atoms with Gasteiger partial charge in [-0.05, 0) is 6.42 Å². The van der Waals surface area contributed by atoms with Crippen molar-refractivity contribution in [2.45, 2.75) is 25.3 Å². The van der Waals surface area contributed by atoms with Gasteiger partial charge in [-0.1, -0.05) is 0 Å². The van der Waals surface area contributed by atoms with E-state index < -0.39 is 37.0 Å². The van der Waals surface area contributed by atoms with Crippen LogP contribution in [0.15, 0.2) is 0 Å². The van der Waals surface area contributed by atoms with Crippen molar-refractivity contribution >= 4 is 17.9 Å². The van der Waals surface area contributed by atoms with E-state index >= 15 is 0 Å². The van der Waals surface area contributed by atoms with Crippen LogP contribution in [0.5, 0.6) is 0 Å². The van der Waals surface area contributed by atoms with E-state index in [0.717, 1.165) is 0 Å². The van der Waals surface area contributed by atoms with Crippen molar-refractivity contribution in [3.05, 3.63) is 0 Å². The number of halogens is 2. The number of aliphatic carboxylic acids is 1. The predicted octanol–water partition coefficient (Wildman–Crippen LogP) is -0.714. The third kappa shape index (κ3) is 10.00. The first-order valence-corrected chi connectivity index (χ1v) is 5.74. The van der Waals surface area contributed by atoms with Gasteiger partial charge in [0.15, 0.2) is 0 Å². The molecule has 0 aliphatic rings. The molecule has 0 aromatic heterocycles. The van der Waals surface area contributed by atoms with Gasteiger partial charge in [0.05, 0.1) is 6.61 Å². The van der Waals surface area contributed by atoms with Crippen LogP contribution in [-0.2, 0) is 14.3 Å². The SMILES string of the molecule is NC(=O)CC[C@@H](NC(=O)NCCOCC(F)F)C(=O)O. The number of rotatable bonds is 10. The second-order valence-electron chi connectivity index (χ2n) is 3.76. The molecule has 0 rings (SSSR count). The van der Waals surface area contributed by atoms with Gasteiger partial charge in [-0.2, -0.15) is 0 Å². The van der Waals surface area contributed by atoms with E-state index in [-0.39, 0.29) is 26.0 Å². The highest BCUT2D eigenvalue weighted by Crippen LogP contribution is 1.97. The molecule has 0 heterocycles. The van der Waals surface area contributed by atoms with Gasteiger partial charge in [-0.25, -0.2) is 18.4 Å². The second kappa shape index (κ2) is 9.89. The lowest BCUT2D eigenvalue weighted by molar-refractivity contribution is -0.139. The number of carboxylic acids is 1. The monoisotopic (exact) mass is 297 g/mol. The molecule has 0 radical (unpaired) electrons. The zero-order valence-electron chi connectivity index (χ0n) is 10.6. The van der Waals surface area contributed by atoms with Crippen LogP contribution in [0.25, 0.3) is 0 Å². The Labute approximate surface area is 113 Å².